The van der Waals surface area contributed by atoms with Crippen LogP contribution in [0.5, 0.6) is 0 Å². The summed E-state index contributed by atoms with van der Waals surface area (Å²) in [5.41, 5.74) is 5.52. The lowest BCUT2D eigenvalue weighted by Gasteiger charge is -2.32. The largest absolute Gasteiger partial charge is 0.349 e. The second-order valence-corrected chi connectivity index (χ2v) is 5.37. The summed E-state index contributed by atoms with van der Waals surface area (Å²) in [4.78, 5) is 12.0. The van der Waals surface area contributed by atoms with Gasteiger partial charge >= 0.3 is 0 Å². The summed E-state index contributed by atoms with van der Waals surface area (Å²) < 4.78 is 0. The van der Waals surface area contributed by atoms with Crippen LogP contribution in [0.25, 0.3) is 0 Å². The molecule has 0 rings (SSSR count). The lowest BCUT2D eigenvalue weighted by atomic mass is 9.89. The fourth-order valence-electron chi connectivity index (χ4n) is 2.15. The smallest absolute Gasteiger partial charge is 0.223 e. The first-order chi connectivity index (χ1) is 7.38. The maximum atomic E-state index is 12.0. The molecule has 0 heterocycles. The molecule has 0 radical (unpaired) electrons. The number of nitrogens with two attached hydrogens (primary N) is 1. The molecule has 3 N–H and O–H groups in total. The molecule has 0 fully saturated rings. The highest BCUT2D eigenvalue weighted by Gasteiger charge is 2.27. The number of carbonyl (C=O) groups excluding carboxylic acids is 1. The fraction of sp³-hybridized carbons (Fsp3) is 0.923. The Balaban J connectivity index is 4.46. The Morgan fingerprint density at radius 2 is 1.81 bits per heavy atom. The molecular formula is C13H28N2O. The van der Waals surface area contributed by atoms with E-state index in [1.807, 2.05) is 6.92 Å². The molecule has 1 unspecified atom stereocenters. The van der Waals surface area contributed by atoms with Crippen LogP contribution in [0.1, 0.15) is 53.9 Å². The Labute approximate surface area is 100 Å². The minimum atomic E-state index is -0.256. The topological polar surface area (TPSA) is 55.1 Å². The van der Waals surface area contributed by atoms with E-state index in [0.29, 0.717) is 12.5 Å². The zero-order valence-corrected chi connectivity index (χ0v) is 11.5. The van der Waals surface area contributed by atoms with Crippen molar-refractivity contribution in [2.45, 2.75) is 59.4 Å². The third-order valence-corrected chi connectivity index (χ3v) is 3.09. The second kappa shape index (κ2) is 6.89. The van der Waals surface area contributed by atoms with Crippen LogP contribution in [0, 0.1) is 11.8 Å². The molecule has 0 saturated carbocycles. The van der Waals surface area contributed by atoms with Gasteiger partial charge in [-0.1, -0.05) is 27.7 Å². The molecule has 0 aliphatic carbocycles. The fourth-order valence-corrected chi connectivity index (χ4v) is 2.15. The molecule has 0 aromatic heterocycles. The van der Waals surface area contributed by atoms with Crippen molar-refractivity contribution in [3.63, 3.8) is 0 Å². The molecule has 0 aromatic carbocycles. The minimum absolute atomic E-state index is 0.123. The van der Waals surface area contributed by atoms with Gasteiger partial charge in [-0.2, -0.15) is 0 Å². The number of amides is 1. The van der Waals surface area contributed by atoms with E-state index < -0.39 is 0 Å². The summed E-state index contributed by atoms with van der Waals surface area (Å²) >= 11 is 0. The summed E-state index contributed by atoms with van der Waals surface area (Å²) in [6.45, 7) is 10.9. The van der Waals surface area contributed by atoms with Gasteiger partial charge in [0.15, 0.2) is 0 Å². The minimum Gasteiger partial charge on any atom is -0.349 e. The number of hydrogen-bond acceptors (Lipinski definition) is 2. The van der Waals surface area contributed by atoms with Gasteiger partial charge in [0.25, 0.3) is 0 Å². The first-order valence-electron chi connectivity index (χ1n) is 6.40. The van der Waals surface area contributed by atoms with Gasteiger partial charge in [-0.05, 0) is 32.1 Å². The third-order valence-electron chi connectivity index (χ3n) is 3.09. The van der Waals surface area contributed by atoms with Crippen molar-refractivity contribution in [2.75, 3.05) is 6.54 Å². The molecule has 3 heteroatoms. The van der Waals surface area contributed by atoms with Gasteiger partial charge in [0.1, 0.15) is 0 Å². The number of nitrogens with one attached hydrogen (secondary N) is 1. The molecule has 96 valence electrons. The predicted octanol–water partition coefficient (Wildman–Crippen LogP) is 2.30. The van der Waals surface area contributed by atoms with Gasteiger partial charge in [-0.15, -0.1) is 0 Å². The molecule has 0 bridgehead atoms. The van der Waals surface area contributed by atoms with E-state index in [2.05, 4.69) is 33.0 Å². The van der Waals surface area contributed by atoms with Gasteiger partial charge in [0.05, 0.1) is 0 Å². The molecular weight excluding hydrogens is 200 g/mol. The van der Waals surface area contributed by atoms with Gasteiger partial charge in [-0.25, -0.2) is 0 Å². The lowest BCUT2D eigenvalue weighted by molar-refractivity contribution is -0.127. The Hall–Kier alpha value is -0.570. The number of carbonyl (C=O) groups is 1. The summed E-state index contributed by atoms with van der Waals surface area (Å²) in [7, 11) is 0. The Bertz CT molecular complexity index is 212. The van der Waals surface area contributed by atoms with E-state index >= 15 is 0 Å². The van der Waals surface area contributed by atoms with Crippen molar-refractivity contribution in [3.05, 3.63) is 0 Å². The molecule has 1 atom stereocenters. The molecule has 0 aliphatic heterocycles. The highest BCUT2D eigenvalue weighted by molar-refractivity contribution is 5.79. The maximum absolute atomic E-state index is 12.0. The van der Waals surface area contributed by atoms with Crippen molar-refractivity contribution in [1.29, 1.82) is 0 Å². The van der Waals surface area contributed by atoms with Gasteiger partial charge in [-0.3, -0.25) is 4.79 Å². The standard InChI is InChI=1S/C13H28N2O/c1-6-11(7-2)12(16)15-13(5,9-14)8-10(3)4/h10-11H,6-9,14H2,1-5H3,(H,15,16). The Morgan fingerprint density at radius 1 is 1.31 bits per heavy atom. The molecule has 0 saturated heterocycles. The Kier molecular flexibility index (Phi) is 6.65. The van der Waals surface area contributed by atoms with Crippen molar-refractivity contribution in [1.82, 2.24) is 5.32 Å². The van der Waals surface area contributed by atoms with Crippen LogP contribution in [-0.2, 0) is 4.79 Å². The van der Waals surface area contributed by atoms with Crippen molar-refractivity contribution >= 4 is 5.91 Å². The van der Waals surface area contributed by atoms with Crippen LogP contribution in [-0.4, -0.2) is 18.0 Å². The predicted molar refractivity (Wildman–Crippen MR) is 69.1 cm³/mol. The van der Waals surface area contributed by atoms with E-state index in [9.17, 15) is 4.79 Å². The summed E-state index contributed by atoms with van der Waals surface area (Å²) in [6, 6.07) is 0. The van der Waals surface area contributed by atoms with Crippen LogP contribution in [0.2, 0.25) is 0 Å². The van der Waals surface area contributed by atoms with Crippen LogP contribution in [0.3, 0.4) is 0 Å². The van der Waals surface area contributed by atoms with Crippen LogP contribution < -0.4 is 11.1 Å². The second-order valence-electron chi connectivity index (χ2n) is 5.37. The Morgan fingerprint density at radius 3 is 2.12 bits per heavy atom. The first kappa shape index (κ1) is 15.4. The molecule has 1 amide bonds. The van der Waals surface area contributed by atoms with Gasteiger partial charge < -0.3 is 11.1 Å². The van der Waals surface area contributed by atoms with E-state index in [-0.39, 0.29) is 17.4 Å². The SMILES string of the molecule is CCC(CC)C(=O)NC(C)(CN)CC(C)C. The average Bonchev–Trinajstić information content (AvgIpc) is 2.18. The molecule has 16 heavy (non-hydrogen) atoms. The monoisotopic (exact) mass is 228 g/mol. The number of rotatable bonds is 7. The van der Waals surface area contributed by atoms with E-state index in [4.69, 9.17) is 5.73 Å². The first-order valence-corrected chi connectivity index (χ1v) is 6.40. The molecule has 0 aliphatic rings. The summed E-state index contributed by atoms with van der Waals surface area (Å²) in [5, 5.41) is 3.11. The average molecular weight is 228 g/mol. The van der Waals surface area contributed by atoms with E-state index in [0.717, 1.165) is 19.3 Å². The highest BCUT2D eigenvalue weighted by atomic mass is 16.2. The van der Waals surface area contributed by atoms with E-state index in [1.165, 1.54) is 0 Å². The highest BCUT2D eigenvalue weighted by Crippen LogP contribution is 2.17. The zero-order chi connectivity index (χ0) is 12.8. The van der Waals surface area contributed by atoms with E-state index in [1.54, 1.807) is 0 Å². The normalized spacial score (nSPS) is 15.2. The van der Waals surface area contributed by atoms with Crippen LogP contribution in [0.4, 0.5) is 0 Å². The van der Waals surface area contributed by atoms with Gasteiger partial charge in [0, 0.05) is 18.0 Å². The van der Waals surface area contributed by atoms with Crippen LogP contribution >= 0.6 is 0 Å². The maximum Gasteiger partial charge on any atom is 0.223 e. The summed E-state index contributed by atoms with van der Waals surface area (Å²) in [5.74, 6) is 0.812. The van der Waals surface area contributed by atoms with Gasteiger partial charge in [0.2, 0.25) is 5.91 Å². The zero-order valence-electron chi connectivity index (χ0n) is 11.5. The number of hydrogen-bond donors (Lipinski definition) is 2. The summed E-state index contributed by atoms with van der Waals surface area (Å²) in [6.07, 6.45) is 2.71. The third kappa shape index (κ3) is 4.97. The van der Waals surface area contributed by atoms with Crippen molar-refractivity contribution in [3.8, 4) is 0 Å². The lowest BCUT2D eigenvalue weighted by Crippen LogP contribution is -2.53. The molecule has 3 nitrogen and oxygen atoms in total. The molecule has 0 spiro atoms. The van der Waals surface area contributed by atoms with Crippen molar-refractivity contribution in [2.24, 2.45) is 17.6 Å². The molecule has 0 aromatic rings. The quantitative estimate of drug-likeness (QED) is 0.702. The van der Waals surface area contributed by atoms with Crippen LogP contribution in [0.15, 0.2) is 0 Å². The van der Waals surface area contributed by atoms with Crippen molar-refractivity contribution < 1.29 is 4.79 Å².